The van der Waals surface area contributed by atoms with Crippen LogP contribution < -0.4 is 5.32 Å². The van der Waals surface area contributed by atoms with Crippen LogP contribution in [0.15, 0.2) is 17.5 Å². The maximum atomic E-state index is 12.2. The molecule has 0 radical (unpaired) electrons. The second-order valence-electron chi connectivity index (χ2n) is 6.18. The van der Waals surface area contributed by atoms with E-state index in [1.165, 1.54) is 17.7 Å². The first kappa shape index (κ1) is 16.3. The van der Waals surface area contributed by atoms with Gasteiger partial charge in [-0.1, -0.05) is 18.9 Å². The Hall–Kier alpha value is -1.07. The predicted molar refractivity (Wildman–Crippen MR) is 86.8 cm³/mol. The number of nitrogens with zero attached hydrogens (tertiary/aromatic N) is 1. The van der Waals surface area contributed by atoms with Crippen LogP contribution >= 0.6 is 11.3 Å². The van der Waals surface area contributed by atoms with E-state index in [9.17, 15) is 9.90 Å². The Morgan fingerprint density at radius 3 is 2.81 bits per heavy atom. The van der Waals surface area contributed by atoms with Crippen molar-refractivity contribution in [3.63, 3.8) is 0 Å². The molecule has 1 fully saturated rings. The van der Waals surface area contributed by atoms with Gasteiger partial charge in [0, 0.05) is 30.4 Å². The fraction of sp³-hybridized carbons (Fsp3) is 0.688. The molecule has 2 amide bonds. The molecule has 1 aliphatic carbocycles. The van der Waals surface area contributed by atoms with E-state index in [2.05, 4.69) is 22.8 Å². The molecule has 1 aromatic heterocycles. The van der Waals surface area contributed by atoms with Crippen LogP contribution in [0.4, 0.5) is 4.79 Å². The lowest BCUT2D eigenvalue weighted by Gasteiger charge is -2.29. The number of aliphatic hydroxyl groups excluding tert-OH is 1. The summed E-state index contributed by atoms with van der Waals surface area (Å²) in [5.41, 5.74) is 0.134. The summed E-state index contributed by atoms with van der Waals surface area (Å²) in [5, 5.41) is 14.5. The average Bonchev–Trinajstić information content (AvgIpc) is 3.13. The van der Waals surface area contributed by atoms with E-state index < -0.39 is 0 Å². The normalized spacial score (nSPS) is 18.4. The van der Waals surface area contributed by atoms with E-state index in [-0.39, 0.29) is 17.6 Å². The summed E-state index contributed by atoms with van der Waals surface area (Å²) in [5.74, 6) is 0. The number of nitrogens with one attached hydrogen (secondary N) is 1. The maximum absolute atomic E-state index is 12.2. The molecular weight excluding hydrogens is 284 g/mol. The monoisotopic (exact) mass is 310 g/mol. The molecule has 0 aliphatic heterocycles. The van der Waals surface area contributed by atoms with Crippen molar-refractivity contribution >= 4 is 17.4 Å². The number of amides is 2. The highest BCUT2D eigenvalue weighted by molar-refractivity contribution is 7.10. The Balaban J connectivity index is 1.89. The van der Waals surface area contributed by atoms with Crippen molar-refractivity contribution in [2.75, 3.05) is 20.1 Å². The molecule has 1 heterocycles. The van der Waals surface area contributed by atoms with Gasteiger partial charge in [0.05, 0.1) is 6.10 Å². The zero-order chi connectivity index (χ0) is 15.3. The molecule has 118 valence electrons. The number of rotatable bonds is 6. The Kier molecular flexibility index (Phi) is 5.65. The van der Waals surface area contributed by atoms with E-state index in [0.29, 0.717) is 19.5 Å². The fourth-order valence-electron chi connectivity index (χ4n) is 3.00. The lowest BCUT2D eigenvalue weighted by molar-refractivity contribution is 0.162. The standard InChI is InChI=1S/C16H26N2O2S/c1-13(19)7-10-18(2)15(20)17-12-16(8-3-4-9-16)14-6-5-11-21-14/h5-6,11,13,19H,3-4,7-10,12H2,1-2H3,(H,17,20). The van der Waals surface area contributed by atoms with E-state index in [1.54, 1.807) is 30.2 Å². The van der Waals surface area contributed by atoms with Gasteiger partial charge in [-0.25, -0.2) is 4.79 Å². The van der Waals surface area contributed by atoms with Gasteiger partial charge in [0.2, 0.25) is 0 Å². The minimum atomic E-state index is -0.368. The number of thiophene rings is 1. The van der Waals surface area contributed by atoms with Crippen LogP contribution in [0.3, 0.4) is 0 Å². The van der Waals surface area contributed by atoms with Gasteiger partial charge >= 0.3 is 6.03 Å². The van der Waals surface area contributed by atoms with Crippen molar-refractivity contribution < 1.29 is 9.90 Å². The van der Waals surface area contributed by atoms with Crippen LogP contribution in [-0.4, -0.2) is 42.3 Å². The minimum Gasteiger partial charge on any atom is -0.393 e. The molecule has 1 atom stereocenters. The highest BCUT2D eigenvalue weighted by Gasteiger charge is 2.36. The van der Waals surface area contributed by atoms with Crippen LogP contribution in [0.1, 0.15) is 43.9 Å². The van der Waals surface area contributed by atoms with Crippen molar-refractivity contribution in [2.45, 2.75) is 50.5 Å². The largest absolute Gasteiger partial charge is 0.393 e. The van der Waals surface area contributed by atoms with Crippen LogP contribution in [0, 0.1) is 0 Å². The quantitative estimate of drug-likeness (QED) is 0.849. The number of carbonyl (C=O) groups is 1. The van der Waals surface area contributed by atoms with Crippen LogP contribution in [0.5, 0.6) is 0 Å². The van der Waals surface area contributed by atoms with Crippen molar-refractivity contribution in [3.05, 3.63) is 22.4 Å². The van der Waals surface area contributed by atoms with Crippen molar-refractivity contribution in [1.82, 2.24) is 10.2 Å². The zero-order valence-corrected chi connectivity index (χ0v) is 13.8. The first-order valence-electron chi connectivity index (χ1n) is 7.74. The number of urea groups is 1. The maximum Gasteiger partial charge on any atom is 0.317 e. The molecule has 1 aromatic rings. The molecule has 0 bridgehead atoms. The Labute approximate surface area is 131 Å². The predicted octanol–water partition coefficient (Wildman–Crippen LogP) is 2.97. The summed E-state index contributed by atoms with van der Waals surface area (Å²) in [6.45, 7) is 3.04. The molecule has 5 heteroatoms. The minimum absolute atomic E-state index is 0.0431. The van der Waals surface area contributed by atoms with Crippen LogP contribution in [0.25, 0.3) is 0 Å². The highest BCUT2D eigenvalue weighted by atomic mass is 32.1. The number of hydrogen-bond donors (Lipinski definition) is 2. The lowest BCUT2D eigenvalue weighted by atomic mass is 9.84. The van der Waals surface area contributed by atoms with E-state index in [4.69, 9.17) is 0 Å². The third kappa shape index (κ3) is 4.20. The molecule has 1 aliphatic rings. The van der Waals surface area contributed by atoms with E-state index >= 15 is 0 Å². The van der Waals surface area contributed by atoms with Crippen LogP contribution in [-0.2, 0) is 5.41 Å². The summed E-state index contributed by atoms with van der Waals surface area (Å²) in [4.78, 5) is 15.2. The topological polar surface area (TPSA) is 52.6 Å². The molecule has 0 saturated heterocycles. The molecule has 1 unspecified atom stereocenters. The Morgan fingerprint density at radius 1 is 1.52 bits per heavy atom. The Bertz CT molecular complexity index is 439. The second kappa shape index (κ2) is 7.27. The first-order chi connectivity index (χ1) is 10.0. The average molecular weight is 310 g/mol. The van der Waals surface area contributed by atoms with Gasteiger partial charge in [-0.2, -0.15) is 0 Å². The zero-order valence-electron chi connectivity index (χ0n) is 13.0. The third-order valence-corrected chi connectivity index (χ3v) is 5.53. The molecule has 1 saturated carbocycles. The van der Waals surface area contributed by atoms with Gasteiger partial charge < -0.3 is 15.3 Å². The van der Waals surface area contributed by atoms with E-state index in [0.717, 1.165) is 12.8 Å². The molecule has 2 rings (SSSR count). The van der Waals surface area contributed by atoms with Crippen molar-refractivity contribution in [3.8, 4) is 0 Å². The van der Waals surface area contributed by atoms with Gasteiger partial charge in [-0.05, 0) is 37.6 Å². The summed E-state index contributed by atoms with van der Waals surface area (Å²) >= 11 is 1.80. The molecular formula is C16H26N2O2S. The number of carbonyl (C=O) groups excluding carboxylic acids is 1. The van der Waals surface area contributed by atoms with Gasteiger partial charge in [-0.15, -0.1) is 11.3 Å². The number of hydrogen-bond acceptors (Lipinski definition) is 3. The summed E-state index contributed by atoms with van der Waals surface area (Å²) in [6, 6.07) is 4.24. The van der Waals surface area contributed by atoms with E-state index in [1.807, 2.05) is 0 Å². The van der Waals surface area contributed by atoms with Gasteiger partial charge in [0.15, 0.2) is 0 Å². The third-order valence-electron chi connectivity index (χ3n) is 4.41. The molecule has 4 nitrogen and oxygen atoms in total. The second-order valence-corrected chi connectivity index (χ2v) is 7.13. The Morgan fingerprint density at radius 2 is 2.24 bits per heavy atom. The summed E-state index contributed by atoms with van der Waals surface area (Å²) in [7, 11) is 1.78. The van der Waals surface area contributed by atoms with Gasteiger partial charge in [0.1, 0.15) is 0 Å². The SMILES string of the molecule is CC(O)CCN(C)C(=O)NCC1(c2cccs2)CCCC1. The van der Waals surface area contributed by atoms with Gasteiger partial charge in [0.25, 0.3) is 0 Å². The summed E-state index contributed by atoms with van der Waals surface area (Å²) in [6.07, 6.45) is 5.04. The fourth-order valence-corrected chi connectivity index (χ4v) is 3.99. The lowest BCUT2D eigenvalue weighted by Crippen LogP contribution is -2.44. The summed E-state index contributed by atoms with van der Waals surface area (Å²) < 4.78 is 0. The highest BCUT2D eigenvalue weighted by Crippen LogP contribution is 2.42. The number of aliphatic hydroxyl groups is 1. The molecule has 0 aromatic carbocycles. The van der Waals surface area contributed by atoms with Crippen LogP contribution in [0.2, 0.25) is 0 Å². The first-order valence-corrected chi connectivity index (χ1v) is 8.62. The van der Waals surface area contributed by atoms with Crippen molar-refractivity contribution in [1.29, 1.82) is 0 Å². The molecule has 21 heavy (non-hydrogen) atoms. The molecule has 2 N–H and O–H groups in total. The smallest absolute Gasteiger partial charge is 0.317 e. The van der Waals surface area contributed by atoms with Crippen molar-refractivity contribution in [2.24, 2.45) is 0 Å². The van der Waals surface area contributed by atoms with Gasteiger partial charge in [-0.3, -0.25) is 0 Å². The molecule has 0 spiro atoms.